The molecule has 0 saturated carbocycles. The highest BCUT2D eigenvalue weighted by molar-refractivity contribution is 6.31. The Bertz CT molecular complexity index is 429. The van der Waals surface area contributed by atoms with E-state index in [1.807, 2.05) is 25.1 Å². The van der Waals surface area contributed by atoms with E-state index in [1.165, 1.54) is 7.11 Å². The second-order valence-electron chi connectivity index (χ2n) is 3.68. The summed E-state index contributed by atoms with van der Waals surface area (Å²) in [4.78, 5) is 15.3. The Morgan fingerprint density at radius 2 is 2.29 bits per heavy atom. The average Bonchev–Trinajstić information content (AvgIpc) is 2.36. The molecule has 0 saturated heterocycles. The highest BCUT2D eigenvalue weighted by Gasteiger charge is 2.09. The van der Waals surface area contributed by atoms with E-state index in [9.17, 15) is 4.79 Å². The minimum Gasteiger partial charge on any atom is -0.467 e. The molecule has 0 bridgehead atoms. The standard InChI is InChI=1S/C13H16ClNO2/c1-4-11-7-10(5-6-12(11)14)8-15-9(2)13(16)17-3/h5-9H,4H2,1-3H3. The molecule has 1 aromatic rings. The topological polar surface area (TPSA) is 38.7 Å². The Kier molecular flexibility index (Phi) is 5.16. The van der Waals surface area contributed by atoms with E-state index >= 15 is 0 Å². The first kappa shape index (κ1) is 13.7. The first-order valence-corrected chi connectivity index (χ1v) is 5.85. The number of nitrogens with zero attached hydrogens (tertiary/aromatic N) is 1. The van der Waals surface area contributed by atoms with Gasteiger partial charge in [0.1, 0.15) is 6.04 Å². The zero-order valence-electron chi connectivity index (χ0n) is 10.2. The Hall–Kier alpha value is -1.35. The van der Waals surface area contributed by atoms with Crippen LogP contribution < -0.4 is 0 Å². The summed E-state index contributed by atoms with van der Waals surface area (Å²) in [6.07, 6.45) is 2.53. The van der Waals surface area contributed by atoms with Crippen molar-refractivity contribution in [1.82, 2.24) is 0 Å². The second kappa shape index (κ2) is 6.40. The van der Waals surface area contributed by atoms with E-state index in [0.717, 1.165) is 22.6 Å². The SMILES string of the molecule is CCc1cc(C=NC(C)C(=O)OC)ccc1Cl. The number of hydrogen-bond donors (Lipinski definition) is 0. The normalized spacial score (nSPS) is 12.7. The maximum absolute atomic E-state index is 11.2. The summed E-state index contributed by atoms with van der Waals surface area (Å²) in [5.41, 5.74) is 2.00. The summed E-state index contributed by atoms with van der Waals surface area (Å²) in [6.45, 7) is 3.73. The molecule has 0 spiro atoms. The molecule has 1 unspecified atom stereocenters. The van der Waals surface area contributed by atoms with Crippen molar-refractivity contribution in [3.63, 3.8) is 0 Å². The Balaban J connectivity index is 2.81. The average molecular weight is 254 g/mol. The van der Waals surface area contributed by atoms with Crippen molar-refractivity contribution >= 4 is 23.8 Å². The van der Waals surface area contributed by atoms with Crippen LogP contribution in [0.2, 0.25) is 5.02 Å². The molecule has 0 aromatic heterocycles. The van der Waals surface area contributed by atoms with E-state index in [2.05, 4.69) is 9.73 Å². The Labute approximate surface area is 106 Å². The molecule has 0 radical (unpaired) electrons. The minimum atomic E-state index is -0.485. The molecule has 1 rings (SSSR count). The quantitative estimate of drug-likeness (QED) is 0.611. The van der Waals surface area contributed by atoms with Gasteiger partial charge in [-0.1, -0.05) is 24.6 Å². The monoisotopic (exact) mass is 253 g/mol. The lowest BCUT2D eigenvalue weighted by Crippen LogP contribution is -2.16. The Morgan fingerprint density at radius 1 is 1.59 bits per heavy atom. The smallest absolute Gasteiger partial charge is 0.330 e. The minimum absolute atomic E-state index is 0.342. The van der Waals surface area contributed by atoms with Crippen molar-refractivity contribution in [2.45, 2.75) is 26.3 Å². The number of carbonyl (C=O) groups excluding carboxylic acids is 1. The number of esters is 1. The van der Waals surface area contributed by atoms with Gasteiger partial charge in [0.2, 0.25) is 0 Å². The van der Waals surface area contributed by atoms with Crippen molar-refractivity contribution in [2.24, 2.45) is 4.99 Å². The largest absolute Gasteiger partial charge is 0.467 e. The van der Waals surface area contributed by atoms with Crippen molar-refractivity contribution in [3.8, 4) is 0 Å². The number of rotatable bonds is 4. The number of ether oxygens (including phenoxy) is 1. The molecule has 0 aliphatic rings. The van der Waals surface area contributed by atoms with E-state index in [0.29, 0.717) is 0 Å². The molecule has 92 valence electrons. The lowest BCUT2D eigenvalue weighted by molar-refractivity contribution is -0.141. The van der Waals surface area contributed by atoms with Crippen molar-refractivity contribution < 1.29 is 9.53 Å². The van der Waals surface area contributed by atoms with Crippen LogP contribution in [0, 0.1) is 0 Å². The van der Waals surface area contributed by atoms with E-state index in [1.54, 1.807) is 13.1 Å². The molecule has 0 fully saturated rings. The van der Waals surface area contributed by atoms with E-state index in [-0.39, 0.29) is 5.97 Å². The van der Waals surface area contributed by atoms with Crippen LogP contribution >= 0.6 is 11.6 Å². The fourth-order valence-corrected chi connectivity index (χ4v) is 1.63. The van der Waals surface area contributed by atoms with E-state index in [4.69, 9.17) is 11.6 Å². The van der Waals surface area contributed by atoms with Crippen molar-refractivity contribution in [2.75, 3.05) is 7.11 Å². The molecule has 1 aromatic carbocycles. The number of aryl methyl sites for hydroxylation is 1. The molecular formula is C13H16ClNO2. The van der Waals surface area contributed by atoms with Crippen LogP contribution in [-0.4, -0.2) is 25.3 Å². The molecule has 4 heteroatoms. The molecule has 0 heterocycles. The third-order valence-electron chi connectivity index (χ3n) is 2.44. The molecule has 0 amide bonds. The van der Waals surface area contributed by atoms with Gasteiger partial charge in [-0.25, -0.2) is 4.79 Å². The summed E-state index contributed by atoms with van der Waals surface area (Å²) in [5, 5.41) is 0.755. The molecule has 0 N–H and O–H groups in total. The maximum Gasteiger partial charge on any atom is 0.330 e. The second-order valence-corrected chi connectivity index (χ2v) is 4.09. The predicted molar refractivity (Wildman–Crippen MR) is 69.9 cm³/mol. The highest BCUT2D eigenvalue weighted by Crippen LogP contribution is 2.17. The van der Waals surface area contributed by atoms with Crippen LogP contribution in [-0.2, 0) is 16.0 Å². The van der Waals surface area contributed by atoms with Gasteiger partial charge < -0.3 is 4.74 Å². The molecule has 3 nitrogen and oxygen atoms in total. The summed E-state index contributed by atoms with van der Waals surface area (Å²) in [7, 11) is 1.35. The van der Waals surface area contributed by atoms with Gasteiger partial charge in [-0.15, -0.1) is 0 Å². The molecule has 0 aliphatic heterocycles. The summed E-state index contributed by atoms with van der Waals surface area (Å²) in [6, 6.07) is 5.19. The van der Waals surface area contributed by atoms with Crippen LogP contribution in [0.15, 0.2) is 23.2 Å². The molecule has 17 heavy (non-hydrogen) atoms. The summed E-state index contributed by atoms with van der Waals surface area (Å²) < 4.78 is 4.59. The first-order valence-electron chi connectivity index (χ1n) is 5.48. The van der Waals surface area contributed by atoms with Crippen LogP contribution in [0.25, 0.3) is 0 Å². The maximum atomic E-state index is 11.2. The Morgan fingerprint density at radius 3 is 2.88 bits per heavy atom. The molecule has 0 aliphatic carbocycles. The van der Waals surface area contributed by atoms with Gasteiger partial charge in [0.25, 0.3) is 0 Å². The fourth-order valence-electron chi connectivity index (χ4n) is 1.38. The number of methoxy groups -OCH3 is 1. The zero-order valence-corrected chi connectivity index (χ0v) is 11.0. The molecule has 1 atom stereocenters. The number of carbonyl (C=O) groups is 1. The predicted octanol–water partition coefficient (Wildman–Crippen LogP) is 2.88. The fraction of sp³-hybridized carbons (Fsp3) is 0.385. The van der Waals surface area contributed by atoms with Gasteiger partial charge in [-0.05, 0) is 36.6 Å². The third kappa shape index (κ3) is 3.86. The van der Waals surface area contributed by atoms with Crippen LogP contribution in [0.3, 0.4) is 0 Å². The van der Waals surface area contributed by atoms with Gasteiger partial charge in [0.05, 0.1) is 7.11 Å². The van der Waals surface area contributed by atoms with Gasteiger partial charge >= 0.3 is 5.97 Å². The third-order valence-corrected chi connectivity index (χ3v) is 2.81. The van der Waals surface area contributed by atoms with Crippen molar-refractivity contribution in [1.29, 1.82) is 0 Å². The van der Waals surface area contributed by atoms with Crippen molar-refractivity contribution in [3.05, 3.63) is 34.3 Å². The number of aliphatic imine (C=N–C) groups is 1. The van der Waals surface area contributed by atoms with Crippen LogP contribution in [0.4, 0.5) is 0 Å². The van der Waals surface area contributed by atoms with Gasteiger partial charge in [0, 0.05) is 11.2 Å². The van der Waals surface area contributed by atoms with Crippen LogP contribution in [0.5, 0.6) is 0 Å². The molecular weight excluding hydrogens is 238 g/mol. The lowest BCUT2D eigenvalue weighted by atomic mass is 10.1. The van der Waals surface area contributed by atoms with Gasteiger partial charge in [0.15, 0.2) is 0 Å². The summed E-state index contributed by atoms with van der Waals surface area (Å²) in [5.74, 6) is -0.342. The summed E-state index contributed by atoms with van der Waals surface area (Å²) >= 11 is 6.01. The van der Waals surface area contributed by atoms with Crippen LogP contribution in [0.1, 0.15) is 25.0 Å². The van der Waals surface area contributed by atoms with E-state index < -0.39 is 6.04 Å². The lowest BCUT2D eigenvalue weighted by Gasteiger charge is -2.04. The number of benzene rings is 1. The zero-order chi connectivity index (χ0) is 12.8. The highest BCUT2D eigenvalue weighted by atomic mass is 35.5. The van der Waals surface area contributed by atoms with Gasteiger partial charge in [-0.3, -0.25) is 4.99 Å². The number of hydrogen-bond acceptors (Lipinski definition) is 3. The number of halogens is 1. The van der Waals surface area contributed by atoms with Gasteiger partial charge in [-0.2, -0.15) is 0 Å². The first-order chi connectivity index (χ1) is 8.08.